The van der Waals surface area contributed by atoms with Crippen molar-refractivity contribution in [2.75, 3.05) is 5.33 Å². The summed E-state index contributed by atoms with van der Waals surface area (Å²) in [6.07, 6.45) is -0.977. The van der Waals surface area contributed by atoms with Crippen LogP contribution in [0.3, 0.4) is 0 Å². The Bertz CT molecular complexity index is 1340. The summed E-state index contributed by atoms with van der Waals surface area (Å²) in [6, 6.07) is 16.0. The lowest BCUT2D eigenvalue weighted by Gasteiger charge is -2.16. The number of halogens is 1. The van der Waals surface area contributed by atoms with Crippen molar-refractivity contribution in [1.29, 1.82) is 0 Å². The number of alkyl halides is 1. The monoisotopic (exact) mass is 640 g/mol. The Morgan fingerprint density at radius 3 is 1.29 bits per heavy atom. The highest BCUT2D eigenvalue weighted by Crippen LogP contribution is 2.29. The molecule has 0 saturated carbocycles. The summed E-state index contributed by atoms with van der Waals surface area (Å²) in [7, 11) is 0. The van der Waals surface area contributed by atoms with Crippen molar-refractivity contribution in [3.05, 3.63) is 83.4 Å². The first-order chi connectivity index (χ1) is 19.6. The molecule has 0 aliphatic heterocycles. The number of carbonyl (C=O) groups is 4. The van der Waals surface area contributed by atoms with E-state index in [0.29, 0.717) is 5.56 Å². The highest BCUT2D eigenvalue weighted by atomic mass is 79.9. The Balaban J connectivity index is 1.75. The van der Waals surface area contributed by atoms with Crippen LogP contribution in [0, 0.1) is 10.8 Å². The molecule has 1 N–H and O–H groups in total. The molecule has 3 rings (SSSR count). The summed E-state index contributed by atoms with van der Waals surface area (Å²) in [5.41, 5.74) is -0.665. The van der Waals surface area contributed by atoms with Crippen LogP contribution >= 0.6 is 15.9 Å². The van der Waals surface area contributed by atoms with Crippen molar-refractivity contribution in [1.82, 2.24) is 0 Å². The molecule has 0 aliphatic rings. The van der Waals surface area contributed by atoms with Crippen LogP contribution in [-0.2, 0) is 9.59 Å². The normalized spacial score (nSPS) is 12.2. The SMILES string of the molecule is CC(C)(C)C(=O)Oc1ccc(C(=O)Oc2cc(OC(=O)c3ccc(OC(=O)C(C)(C)C)cc3)cc(C(O)CBr)c2)cc1. The van der Waals surface area contributed by atoms with Gasteiger partial charge in [-0.3, -0.25) is 9.59 Å². The molecule has 0 heterocycles. The molecule has 0 aromatic heterocycles. The van der Waals surface area contributed by atoms with Gasteiger partial charge in [-0.05, 0) is 108 Å². The minimum atomic E-state index is -0.977. The molecule has 222 valence electrons. The molecule has 9 nitrogen and oxygen atoms in total. The van der Waals surface area contributed by atoms with Gasteiger partial charge in [-0.1, -0.05) is 15.9 Å². The fourth-order valence-electron chi connectivity index (χ4n) is 3.16. The second-order valence-electron chi connectivity index (χ2n) is 11.5. The Morgan fingerprint density at radius 2 is 0.976 bits per heavy atom. The van der Waals surface area contributed by atoms with Gasteiger partial charge in [0.05, 0.1) is 28.1 Å². The molecule has 0 spiro atoms. The van der Waals surface area contributed by atoms with Gasteiger partial charge in [0.25, 0.3) is 0 Å². The van der Waals surface area contributed by atoms with Gasteiger partial charge in [-0.15, -0.1) is 0 Å². The molecule has 0 aliphatic carbocycles. The number of aliphatic hydroxyl groups excluding tert-OH is 1. The zero-order valence-corrected chi connectivity index (χ0v) is 25.8. The summed E-state index contributed by atoms with van der Waals surface area (Å²) in [5.74, 6) is -1.63. The minimum absolute atomic E-state index is 0.0352. The number of ether oxygens (including phenoxy) is 4. The molecule has 1 unspecified atom stereocenters. The van der Waals surface area contributed by atoms with E-state index in [2.05, 4.69) is 15.9 Å². The molecule has 1 atom stereocenters. The number of carbonyl (C=O) groups excluding carboxylic acids is 4. The molecular weight excluding hydrogens is 608 g/mol. The average molecular weight is 642 g/mol. The first-order valence-electron chi connectivity index (χ1n) is 13.0. The molecule has 42 heavy (non-hydrogen) atoms. The predicted octanol–water partition coefficient (Wildman–Crippen LogP) is 6.46. The fourth-order valence-corrected chi connectivity index (χ4v) is 3.54. The van der Waals surface area contributed by atoms with Gasteiger partial charge < -0.3 is 24.1 Å². The largest absolute Gasteiger partial charge is 0.426 e. The van der Waals surface area contributed by atoms with Crippen LogP contribution in [0.15, 0.2) is 66.7 Å². The van der Waals surface area contributed by atoms with Crippen LogP contribution < -0.4 is 18.9 Å². The molecule has 0 radical (unpaired) electrons. The quantitative estimate of drug-likeness (QED) is 0.168. The predicted molar refractivity (Wildman–Crippen MR) is 158 cm³/mol. The summed E-state index contributed by atoms with van der Waals surface area (Å²) < 4.78 is 21.6. The Hall–Kier alpha value is -4.02. The summed E-state index contributed by atoms with van der Waals surface area (Å²) in [5, 5.41) is 10.6. The number of benzene rings is 3. The molecular formula is C32H33BrO9. The fraction of sp³-hybridized carbons (Fsp3) is 0.312. The zero-order chi connectivity index (χ0) is 31.2. The standard InChI is InChI=1S/C32H33BrO9/c1-31(2,3)29(37)41-22-11-7-19(8-12-22)27(35)39-24-15-21(26(34)18-33)16-25(17-24)40-28(36)20-9-13-23(14-10-20)42-30(38)32(4,5)6/h7-17,26,34H,18H2,1-6H3. The highest BCUT2D eigenvalue weighted by molar-refractivity contribution is 9.09. The number of aliphatic hydroxyl groups is 1. The smallest absolute Gasteiger partial charge is 0.343 e. The van der Waals surface area contributed by atoms with Crippen molar-refractivity contribution in [2.24, 2.45) is 10.8 Å². The Morgan fingerprint density at radius 1 is 0.619 bits per heavy atom. The topological polar surface area (TPSA) is 125 Å². The molecule has 0 amide bonds. The van der Waals surface area contributed by atoms with Gasteiger partial charge in [0, 0.05) is 11.4 Å². The van der Waals surface area contributed by atoms with Crippen LogP contribution in [0.4, 0.5) is 0 Å². The maximum absolute atomic E-state index is 12.8. The average Bonchev–Trinajstić information content (AvgIpc) is 2.92. The molecule has 0 fully saturated rings. The lowest BCUT2D eigenvalue weighted by molar-refractivity contribution is -0.143. The zero-order valence-electron chi connectivity index (χ0n) is 24.2. The number of esters is 4. The van der Waals surface area contributed by atoms with Gasteiger partial charge in [-0.2, -0.15) is 0 Å². The van der Waals surface area contributed by atoms with Crippen molar-refractivity contribution in [2.45, 2.75) is 47.6 Å². The molecule has 10 heteroatoms. The van der Waals surface area contributed by atoms with E-state index in [1.54, 1.807) is 41.5 Å². The number of rotatable bonds is 8. The van der Waals surface area contributed by atoms with E-state index >= 15 is 0 Å². The van der Waals surface area contributed by atoms with Crippen LogP contribution in [0.25, 0.3) is 0 Å². The molecule has 3 aromatic rings. The van der Waals surface area contributed by atoms with Gasteiger partial charge in [0.2, 0.25) is 0 Å². The van der Waals surface area contributed by atoms with Crippen LogP contribution in [-0.4, -0.2) is 34.3 Å². The molecule has 0 saturated heterocycles. The second-order valence-corrected chi connectivity index (χ2v) is 12.2. The van der Waals surface area contributed by atoms with Crippen LogP contribution in [0.5, 0.6) is 23.0 Å². The molecule has 3 aromatic carbocycles. The first-order valence-corrected chi connectivity index (χ1v) is 14.2. The van der Waals surface area contributed by atoms with Gasteiger partial charge in [0.15, 0.2) is 0 Å². The Labute approximate surface area is 252 Å². The Kier molecular flexibility index (Phi) is 10.3. The van der Waals surface area contributed by atoms with Crippen molar-refractivity contribution >= 4 is 39.8 Å². The van der Waals surface area contributed by atoms with E-state index in [-0.39, 0.29) is 39.5 Å². The van der Waals surface area contributed by atoms with Gasteiger partial charge >= 0.3 is 23.9 Å². The van der Waals surface area contributed by atoms with E-state index in [9.17, 15) is 24.3 Å². The molecule has 0 bridgehead atoms. The van der Waals surface area contributed by atoms with E-state index in [4.69, 9.17) is 18.9 Å². The van der Waals surface area contributed by atoms with Gasteiger partial charge in [0.1, 0.15) is 23.0 Å². The van der Waals surface area contributed by atoms with E-state index < -0.39 is 40.8 Å². The van der Waals surface area contributed by atoms with E-state index in [1.165, 1.54) is 66.7 Å². The third-order valence-electron chi connectivity index (χ3n) is 5.68. The van der Waals surface area contributed by atoms with Crippen LogP contribution in [0.1, 0.15) is 73.9 Å². The van der Waals surface area contributed by atoms with Crippen LogP contribution in [0.2, 0.25) is 0 Å². The number of hydrogen-bond acceptors (Lipinski definition) is 9. The minimum Gasteiger partial charge on any atom is -0.426 e. The van der Waals surface area contributed by atoms with Crippen molar-refractivity contribution in [3.8, 4) is 23.0 Å². The van der Waals surface area contributed by atoms with Crippen molar-refractivity contribution in [3.63, 3.8) is 0 Å². The second kappa shape index (κ2) is 13.3. The lowest BCUT2D eigenvalue weighted by Crippen LogP contribution is -2.25. The van der Waals surface area contributed by atoms with Gasteiger partial charge in [-0.25, -0.2) is 9.59 Å². The van der Waals surface area contributed by atoms with Crippen molar-refractivity contribution < 1.29 is 43.2 Å². The maximum Gasteiger partial charge on any atom is 0.343 e. The summed E-state index contributed by atoms with van der Waals surface area (Å²) in [6.45, 7) is 10.4. The number of hydrogen-bond donors (Lipinski definition) is 1. The maximum atomic E-state index is 12.8. The van der Waals surface area contributed by atoms with E-state index in [0.717, 1.165) is 0 Å². The summed E-state index contributed by atoms with van der Waals surface area (Å²) in [4.78, 5) is 49.9. The highest BCUT2D eigenvalue weighted by Gasteiger charge is 2.25. The van der Waals surface area contributed by atoms with E-state index in [1.807, 2.05) is 0 Å². The first kappa shape index (κ1) is 32.5. The summed E-state index contributed by atoms with van der Waals surface area (Å²) >= 11 is 3.21. The third-order valence-corrected chi connectivity index (χ3v) is 6.29. The third kappa shape index (κ3) is 8.99. The lowest BCUT2D eigenvalue weighted by atomic mass is 9.97.